The third-order valence-corrected chi connectivity index (χ3v) is 4.31. The molecule has 0 aliphatic heterocycles. The minimum atomic E-state index is -3.37. The number of nitrogens with one attached hydrogen (secondary N) is 1. The molecule has 2 aromatic rings. The Labute approximate surface area is 123 Å². The van der Waals surface area contributed by atoms with Crippen LogP contribution < -0.4 is 5.32 Å². The molecule has 2 aromatic carbocycles. The first kappa shape index (κ1) is 15.2. The van der Waals surface area contributed by atoms with Crippen molar-refractivity contribution in [3.8, 4) is 11.5 Å². The van der Waals surface area contributed by atoms with Crippen LogP contribution in [0.3, 0.4) is 0 Å². The maximum atomic E-state index is 11.8. The van der Waals surface area contributed by atoms with Crippen LogP contribution >= 0.6 is 0 Å². The summed E-state index contributed by atoms with van der Waals surface area (Å²) in [5.74, 6) is -0.0985. The number of anilines is 1. The fourth-order valence-electron chi connectivity index (χ4n) is 2.20. The van der Waals surface area contributed by atoms with Crippen molar-refractivity contribution in [2.45, 2.75) is 17.9 Å². The maximum Gasteiger partial charge on any atom is 0.177 e. The van der Waals surface area contributed by atoms with Gasteiger partial charge in [0.25, 0.3) is 0 Å². The predicted octanol–water partition coefficient (Wildman–Crippen LogP) is 2.67. The van der Waals surface area contributed by atoms with Gasteiger partial charge in [-0.1, -0.05) is 18.2 Å². The summed E-state index contributed by atoms with van der Waals surface area (Å²) in [4.78, 5) is 0.173. The number of benzene rings is 2. The zero-order valence-corrected chi connectivity index (χ0v) is 12.6. The molecule has 2 rings (SSSR count). The van der Waals surface area contributed by atoms with E-state index >= 15 is 0 Å². The van der Waals surface area contributed by atoms with Crippen LogP contribution in [-0.4, -0.2) is 24.9 Å². The third-order valence-electron chi connectivity index (χ3n) is 3.15. The summed E-state index contributed by atoms with van der Waals surface area (Å²) in [5.41, 5.74) is 0.746. The fraction of sp³-hybridized carbons (Fsp3) is 0.200. The average Bonchev–Trinajstić information content (AvgIpc) is 2.37. The van der Waals surface area contributed by atoms with Gasteiger partial charge in [-0.05, 0) is 31.2 Å². The largest absolute Gasteiger partial charge is 0.507 e. The van der Waals surface area contributed by atoms with Crippen LogP contribution in [0.2, 0.25) is 0 Å². The molecule has 0 aliphatic carbocycles. The van der Waals surface area contributed by atoms with Gasteiger partial charge in [0, 0.05) is 6.26 Å². The molecule has 3 N–H and O–H groups in total. The smallest absolute Gasteiger partial charge is 0.177 e. The Balaban J connectivity index is 2.40. The molecule has 0 radical (unpaired) electrons. The molecule has 0 bridgehead atoms. The lowest BCUT2D eigenvalue weighted by Crippen LogP contribution is -2.10. The molecular formula is C15H17NO4S. The molecule has 0 aliphatic rings. The molecular weight excluding hydrogens is 290 g/mol. The van der Waals surface area contributed by atoms with Crippen LogP contribution in [0.4, 0.5) is 5.69 Å². The molecule has 0 amide bonds. The van der Waals surface area contributed by atoms with Crippen LogP contribution in [0.1, 0.15) is 18.5 Å². The van der Waals surface area contributed by atoms with E-state index in [0.717, 1.165) is 6.26 Å². The van der Waals surface area contributed by atoms with E-state index in [-0.39, 0.29) is 16.4 Å². The molecule has 0 spiro atoms. The highest BCUT2D eigenvalue weighted by Crippen LogP contribution is 2.35. The Hall–Kier alpha value is -2.21. The van der Waals surface area contributed by atoms with Crippen molar-refractivity contribution in [3.05, 3.63) is 48.0 Å². The minimum Gasteiger partial charge on any atom is -0.507 e. The molecule has 21 heavy (non-hydrogen) atoms. The Bertz CT molecular complexity index is 736. The monoisotopic (exact) mass is 307 g/mol. The van der Waals surface area contributed by atoms with Gasteiger partial charge in [0.1, 0.15) is 11.5 Å². The van der Waals surface area contributed by atoms with Crippen molar-refractivity contribution in [3.63, 3.8) is 0 Å². The lowest BCUT2D eigenvalue weighted by molar-refractivity contribution is 0.434. The van der Waals surface area contributed by atoms with Gasteiger partial charge in [-0.15, -0.1) is 0 Å². The van der Waals surface area contributed by atoms with Gasteiger partial charge < -0.3 is 15.5 Å². The van der Waals surface area contributed by atoms with Crippen LogP contribution in [-0.2, 0) is 9.84 Å². The van der Waals surface area contributed by atoms with E-state index < -0.39 is 15.9 Å². The summed E-state index contributed by atoms with van der Waals surface area (Å²) in [6.45, 7) is 1.73. The molecule has 112 valence electrons. The standard InChI is InChI=1S/C15H17NO4S/c1-10(15-12(17)7-5-8-13(15)18)16-11-6-3-4-9-14(11)21(2,19)20/h3-10,16-18H,1-2H3. The lowest BCUT2D eigenvalue weighted by atomic mass is 10.1. The fourth-order valence-corrected chi connectivity index (χ4v) is 3.05. The van der Waals surface area contributed by atoms with Crippen molar-refractivity contribution >= 4 is 15.5 Å². The van der Waals surface area contributed by atoms with Gasteiger partial charge >= 0.3 is 0 Å². The SMILES string of the molecule is CC(Nc1ccccc1S(C)(=O)=O)c1c(O)cccc1O. The number of hydrogen-bond donors (Lipinski definition) is 3. The van der Waals surface area contributed by atoms with E-state index in [1.54, 1.807) is 25.1 Å². The van der Waals surface area contributed by atoms with Gasteiger partial charge in [0.05, 0.1) is 22.2 Å². The summed E-state index contributed by atoms with van der Waals surface area (Å²) >= 11 is 0. The normalized spacial score (nSPS) is 12.9. The number of phenols is 2. The number of rotatable bonds is 4. The van der Waals surface area contributed by atoms with Crippen molar-refractivity contribution in [2.24, 2.45) is 0 Å². The van der Waals surface area contributed by atoms with Crippen molar-refractivity contribution in [1.29, 1.82) is 0 Å². The van der Waals surface area contributed by atoms with Crippen LogP contribution in [0.25, 0.3) is 0 Å². The summed E-state index contributed by atoms with van der Waals surface area (Å²) in [7, 11) is -3.37. The van der Waals surface area contributed by atoms with E-state index in [9.17, 15) is 18.6 Å². The van der Waals surface area contributed by atoms with Crippen LogP contribution in [0.15, 0.2) is 47.4 Å². The second-order valence-electron chi connectivity index (χ2n) is 4.84. The van der Waals surface area contributed by atoms with E-state index in [1.807, 2.05) is 0 Å². The number of sulfone groups is 1. The Morgan fingerprint density at radius 1 is 1.00 bits per heavy atom. The quantitative estimate of drug-likeness (QED) is 0.808. The Morgan fingerprint density at radius 3 is 2.14 bits per heavy atom. The molecule has 1 unspecified atom stereocenters. The van der Waals surface area contributed by atoms with Crippen LogP contribution in [0, 0.1) is 0 Å². The van der Waals surface area contributed by atoms with Crippen molar-refractivity contribution in [2.75, 3.05) is 11.6 Å². The number of phenolic OH excluding ortho intramolecular Hbond substituents is 2. The Morgan fingerprint density at radius 2 is 1.57 bits per heavy atom. The van der Waals surface area contributed by atoms with Crippen molar-refractivity contribution in [1.82, 2.24) is 0 Å². The van der Waals surface area contributed by atoms with Gasteiger partial charge in [0.2, 0.25) is 0 Å². The number of aromatic hydroxyl groups is 2. The summed E-state index contributed by atoms with van der Waals surface area (Å²) in [5, 5.41) is 22.7. The zero-order valence-electron chi connectivity index (χ0n) is 11.7. The first-order valence-corrected chi connectivity index (χ1v) is 8.26. The van der Waals surface area contributed by atoms with E-state index in [0.29, 0.717) is 11.3 Å². The van der Waals surface area contributed by atoms with Gasteiger partial charge in [-0.3, -0.25) is 0 Å². The highest BCUT2D eigenvalue weighted by molar-refractivity contribution is 7.90. The molecule has 0 saturated heterocycles. The average molecular weight is 307 g/mol. The first-order valence-electron chi connectivity index (χ1n) is 6.37. The molecule has 0 fully saturated rings. The second-order valence-corrected chi connectivity index (χ2v) is 6.83. The Kier molecular flexibility index (Phi) is 4.09. The minimum absolute atomic E-state index is 0.0492. The third kappa shape index (κ3) is 3.28. The zero-order chi connectivity index (χ0) is 15.6. The first-order chi connectivity index (χ1) is 9.80. The molecule has 0 saturated carbocycles. The van der Waals surface area contributed by atoms with Gasteiger partial charge in [-0.2, -0.15) is 0 Å². The molecule has 5 nitrogen and oxygen atoms in total. The summed E-state index contributed by atoms with van der Waals surface area (Å²) in [6, 6.07) is 10.5. The van der Waals surface area contributed by atoms with E-state index in [4.69, 9.17) is 0 Å². The van der Waals surface area contributed by atoms with Gasteiger partial charge in [-0.25, -0.2) is 8.42 Å². The molecule has 0 aromatic heterocycles. The summed E-state index contributed by atoms with van der Waals surface area (Å²) < 4.78 is 23.5. The van der Waals surface area contributed by atoms with Gasteiger partial charge in [0.15, 0.2) is 9.84 Å². The number of hydrogen-bond acceptors (Lipinski definition) is 5. The van der Waals surface area contributed by atoms with E-state index in [2.05, 4.69) is 5.32 Å². The highest BCUT2D eigenvalue weighted by atomic mass is 32.2. The van der Waals surface area contributed by atoms with Crippen LogP contribution in [0.5, 0.6) is 11.5 Å². The topological polar surface area (TPSA) is 86.6 Å². The molecule has 0 heterocycles. The van der Waals surface area contributed by atoms with E-state index in [1.165, 1.54) is 24.3 Å². The predicted molar refractivity (Wildman–Crippen MR) is 81.4 cm³/mol. The highest BCUT2D eigenvalue weighted by Gasteiger charge is 2.18. The lowest BCUT2D eigenvalue weighted by Gasteiger charge is -2.19. The van der Waals surface area contributed by atoms with Crippen molar-refractivity contribution < 1.29 is 18.6 Å². The second kappa shape index (κ2) is 5.65. The summed E-state index contributed by atoms with van der Waals surface area (Å²) in [6.07, 6.45) is 1.13. The maximum absolute atomic E-state index is 11.8. The molecule has 1 atom stereocenters. The molecule has 6 heteroatoms. The number of para-hydroxylation sites is 1.